The molecule has 1 aromatic heterocycles. The Hall–Kier alpha value is -2.43. The van der Waals surface area contributed by atoms with Gasteiger partial charge in [-0.15, -0.1) is 0 Å². The maximum Gasteiger partial charge on any atom is 0.272 e. The zero-order valence-electron chi connectivity index (χ0n) is 11.7. The van der Waals surface area contributed by atoms with E-state index in [1.54, 1.807) is 6.07 Å². The summed E-state index contributed by atoms with van der Waals surface area (Å²) in [6.45, 7) is 2.04. The summed E-state index contributed by atoms with van der Waals surface area (Å²) in [5, 5.41) is 0. The number of carbonyl (C=O) groups is 1. The Balaban J connectivity index is 1.66. The monoisotopic (exact) mass is 283 g/mol. The lowest BCUT2D eigenvalue weighted by atomic mass is 10.2. The number of amides is 1. The van der Waals surface area contributed by atoms with Crippen LogP contribution in [0.4, 0.5) is 0 Å². The molecule has 1 aromatic carbocycles. The molecule has 21 heavy (non-hydrogen) atoms. The second-order valence-electron chi connectivity index (χ2n) is 5.02. The van der Waals surface area contributed by atoms with Gasteiger partial charge in [0.1, 0.15) is 18.6 Å². The van der Waals surface area contributed by atoms with Crippen molar-refractivity contribution in [1.29, 1.82) is 0 Å². The Morgan fingerprint density at radius 2 is 1.90 bits per heavy atom. The maximum absolute atomic E-state index is 12.3. The van der Waals surface area contributed by atoms with E-state index in [4.69, 9.17) is 4.74 Å². The third-order valence-electron chi connectivity index (χ3n) is 3.48. The second-order valence-corrected chi connectivity index (χ2v) is 5.02. The minimum atomic E-state index is -0.0422. The lowest BCUT2D eigenvalue weighted by molar-refractivity contribution is 0.0786. The fraction of sp³-hybridized carbons (Fsp3) is 0.312. The van der Waals surface area contributed by atoms with Crippen molar-refractivity contribution in [3.8, 4) is 5.88 Å². The first-order chi connectivity index (χ1) is 10.3. The highest BCUT2D eigenvalue weighted by Crippen LogP contribution is 2.15. The molecular formula is C16H17N3O2. The van der Waals surface area contributed by atoms with E-state index in [1.165, 1.54) is 6.33 Å². The van der Waals surface area contributed by atoms with Gasteiger partial charge in [0.05, 0.1) is 0 Å². The van der Waals surface area contributed by atoms with Gasteiger partial charge in [0.15, 0.2) is 0 Å². The van der Waals surface area contributed by atoms with E-state index < -0.39 is 0 Å². The Kier molecular flexibility index (Phi) is 4.09. The number of aromatic nitrogens is 2. The van der Waals surface area contributed by atoms with Crippen LogP contribution in [0.5, 0.6) is 5.88 Å². The van der Waals surface area contributed by atoms with Crippen molar-refractivity contribution in [2.45, 2.75) is 19.4 Å². The maximum atomic E-state index is 12.3. The van der Waals surface area contributed by atoms with Crippen LogP contribution in [-0.4, -0.2) is 33.9 Å². The van der Waals surface area contributed by atoms with E-state index in [9.17, 15) is 4.79 Å². The minimum Gasteiger partial charge on any atom is -0.473 e. The minimum absolute atomic E-state index is 0.0422. The number of hydrogen-bond donors (Lipinski definition) is 0. The molecule has 5 heteroatoms. The van der Waals surface area contributed by atoms with Gasteiger partial charge in [0, 0.05) is 19.2 Å². The first-order valence-corrected chi connectivity index (χ1v) is 7.11. The van der Waals surface area contributed by atoms with Crippen LogP contribution in [0.15, 0.2) is 42.7 Å². The Morgan fingerprint density at radius 3 is 2.67 bits per heavy atom. The number of hydrogen-bond acceptors (Lipinski definition) is 4. The van der Waals surface area contributed by atoms with Gasteiger partial charge in [-0.2, -0.15) is 0 Å². The Morgan fingerprint density at radius 1 is 1.14 bits per heavy atom. The van der Waals surface area contributed by atoms with Crippen molar-refractivity contribution < 1.29 is 9.53 Å². The Labute approximate surface area is 123 Å². The zero-order valence-corrected chi connectivity index (χ0v) is 11.7. The average Bonchev–Trinajstić information content (AvgIpc) is 3.08. The van der Waals surface area contributed by atoms with Crippen molar-refractivity contribution in [2.24, 2.45) is 0 Å². The summed E-state index contributed by atoms with van der Waals surface area (Å²) < 4.78 is 5.62. The van der Waals surface area contributed by atoms with Crippen molar-refractivity contribution in [3.05, 3.63) is 54.0 Å². The van der Waals surface area contributed by atoms with Crippen LogP contribution in [-0.2, 0) is 6.61 Å². The number of carbonyl (C=O) groups excluding carboxylic acids is 1. The molecule has 0 atom stereocenters. The van der Waals surface area contributed by atoms with E-state index in [2.05, 4.69) is 9.97 Å². The predicted octanol–water partition coefficient (Wildman–Crippen LogP) is 2.29. The summed E-state index contributed by atoms with van der Waals surface area (Å²) in [5.74, 6) is 0.385. The molecule has 2 heterocycles. The standard InChI is InChI=1S/C16H17N3O2/c20-16(19-8-4-5-9-19)14-10-15(18-12-17-14)21-11-13-6-2-1-3-7-13/h1-3,6-7,10,12H,4-5,8-9,11H2. The fourth-order valence-electron chi connectivity index (χ4n) is 2.35. The number of benzene rings is 1. The Bertz CT molecular complexity index is 610. The normalized spacial score (nSPS) is 14.2. The quantitative estimate of drug-likeness (QED) is 0.864. The third kappa shape index (κ3) is 3.37. The van der Waals surface area contributed by atoms with Gasteiger partial charge in [0.25, 0.3) is 5.91 Å². The van der Waals surface area contributed by atoms with E-state index in [-0.39, 0.29) is 5.91 Å². The molecule has 2 aromatic rings. The summed E-state index contributed by atoms with van der Waals surface area (Å²) in [5.41, 5.74) is 1.46. The van der Waals surface area contributed by atoms with E-state index in [1.807, 2.05) is 35.2 Å². The predicted molar refractivity (Wildman–Crippen MR) is 77.9 cm³/mol. The average molecular weight is 283 g/mol. The van der Waals surface area contributed by atoms with Gasteiger partial charge in [0.2, 0.25) is 5.88 Å². The van der Waals surface area contributed by atoms with Gasteiger partial charge >= 0.3 is 0 Å². The molecule has 0 radical (unpaired) electrons. The number of likely N-dealkylation sites (tertiary alicyclic amines) is 1. The first kappa shape index (κ1) is 13.5. The molecule has 0 bridgehead atoms. The highest BCUT2D eigenvalue weighted by molar-refractivity contribution is 5.92. The molecular weight excluding hydrogens is 266 g/mol. The van der Waals surface area contributed by atoms with Gasteiger partial charge in [-0.05, 0) is 18.4 Å². The van der Waals surface area contributed by atoms with Crippen molar-refractivity contribution in [2.75, 3.05) is 13.1 Å². The van der Waals surface area contributed by atoms with Gasteiger partial charge in [-0.25, -0.2) is 9.97 Å². The summed E-state index contributed by atoms with van der Waals surface area (Å²) in [7, 11) is 0. The second kappa shape index (κ2) is 6.35. The fourth-order valence-corrected chi connectivity index (χ4v) is 2.35. The molecule has 0 spiro atoms. The smallest absolute Gasteiger partial charge is 0.272 e. The molecule has 0 unspecified atom stereocenters. The summed E-state index contributed by atoms with van der Waals surface area (Å²) in [6.07, 6.45) is 3.51. The lowest BCUT2D eigenvalue weighted by Crippen LogP contribution is -2.28. The van der Waals surface area contributed by atoms with Crippen LogP contribution in [0.3, 0.4) is 0 Å². The SMILES string of the molecule is O=C(c1cc(OCc2ccccc2)ncn1)N1CCCC1. The largest absolute Gasteiger partial charge is 0.473 e. The van der Waals surface area contributed by atoms with Crippen LogP contribution in [0, 0.1) is 0 Å². The molecule has 1 saturated heterocycles. The molecule has 3 rings (SSSR count). The molecule has 108 valence electrons. The molecule has 1 fully saturated rings. The van der Waals surface area contributed by atoms with Crippen LogP contribution in [0.1, 0.15) is 28.9 Å². The van der Waals surface area contributed by atoms with Gasteiger partial charge in [-0.3, -0.25) is 4.79 Å². The van der Waals surface area contributed by atoms with Crippen LogP contribution < -0.4 is 4.74 Å². The summed E-state index contributed by atoms with van der Waals surface area (Å²) >= 11 is 0. The van der Waals surface area contributed by atoms with Crippen LogP contribution in [0.25, 0.3) is 0 Å². The number of nitrogens with zero attached hydrogens (tertiary/aromatic N) is 3. The molecule has 1 amide bonds. The summed E-state index contributed by atoms with van der Waals surface area (Å²) in [4.78, 5) is 22.2. The van der Waals surface area contributed by atoms with E-state index in [0.29, 0.717) is 18.2 Å². The summed E-state index contributed by atoms with van der Waals surface area (Å²) in [6, 6.07) is 11.5. The third-order valence-corrected chi connectivity index (χ3v) is 3.48. The molecule has 0 saturated carbocycles. The lowest BCUT2D eigenvalue weighted by Gasteiger charge is -2.14. The van der Waals surface area contributed by atoms with Crippen molar-refractivity contribution in [3.63, 3.8) is 0 Å². The van der Waals surface area contributed by atoms with Gasteiger partial charge < -0.3 is 9.64 Å². The zero-order chi connectivity index (χ0) is 14.5. The molecule has 1 aliphatic rings. The molecule has 0 aliphatic carbocycles. The van der Waals surface area contributed by atoms with E-state index in [0.717, 1.165) is 31.5 Å². The highest BCUT2D eigenvalue weighted by Gasteiger charge is 2.21. The van der Waals surface area contributed by atoms with Gasteiger partial charge in [-0.1, -0.05) is 30.3 Å². The van der Waals surface area contributed by atoms with Crippen LogP contribution in [0.2, 0.25) is 0 Å². The van der Waals surface area contributed by atoms with E-state index >= 15 is 0 Å². The van der Waals surface area contributed by atoms with Crippen molar-refractivity contribution >= 4 is 5.91 Å². The number of rotatable bonds is 4. The molecule has 0 N–H and O–H groups in total. The number of ether oxygens (including phenoxy) is 1. The van der Waals surface area contributed by atoms with Crippen LogP contribution >= 0.6 is 0 Å². The molecule has 5 nitrogen and oxygen atoms in total. The first-order valence-electron chi connectivity index (χ1n) is 7.11. The van der Waals surface area contributed by atoms with Crippen molar-refractivity contribution in [1.82, 2.24) is 14.9 Å². The topological polar surface area (TPSA) is 55.3 Å². The molecule has 1 aliphatic heterocycles. The highest BCUT2D eigenvalue weighted by atomic mass is 16.5.